The van der Waals surface area contributed by atoms with Gasteiger partial charge in [0.15, 0.2) is 11.0 Å². The van der Waals surface area contributed by atoms with E-state index in [1.54, 1.807) is 12.1 Å². The molecule has 0 aliphatic heterocycles. The van der Waals surface area contributed by atoms with Crippen LogP contribution in [0.3, 0.4) is 0 Å². The number of benzene rings is 3. The van der Waals surface area contributed by atoms with Gasteiger partial charge in [0.25, 0.3) is 5.91 Å². The normalized spacial score (nSPS) is 10.8. The van der Waals surface area contributed by atoms with Gasteiger partial charge in [-0.1, -0.05) is 59.2 Å². The Morgan fingerprint density at radius 1 is 0.946 bits per heavy atom. The molecular formula is C27H25Cl2N5O2S. The molecule has 10 heteroatoms. The molecule has 0 saturated heterocycles. The number of nitrogens with one attached hydrogen (secondary N) is 2. The lowest BCUT2D eigenvalue weighted by Gasteiger charge is -2.12. The largest absolute Gasteiger partial charge is 0.345 e. The Morgan fingerprint density at radius 3 is 2.49 bits per heavy atom. The zero-order valence-electron chi connectivity index (χ0n) is 20.5. The number of hydrogen-bond donors (Lipinski definition) is 2. The molecule has 1 aromatic heterocycles. The van der Waals surface area contributed by atoms with Gasteiger partial charge in [-0.2, -0.15) is 0 Å². The van der Waals surface area contributed by atoms with Gasteiger partial charge in [0.1, 0.15) is 0 Å². The van der Waals surface area contributed by atoms with E-state index in [-0.39, 0.29) is 29.1 Å². The molecule has 4 rings (SSSR count). The molecule has 37 heavy (non-hydrogen) atoms. The van der Waals surface area contributed by atoms with Crippen LogP contribution in [0.1, 0.15) is 32.9 Å². The second-order valence-electron chi connectivity index (χ2n) is 8.54. The Labute approximate surface area is 229 Å². The lowest BCUT2D eigenvalue weighted by atomic mass is 10.1. The zero-order valence-corrected chi connectivity index (χ0v) is 22.8. The van der Waals surface area contributed by atoms with Crippen molar-refractivity contribution in [3.63, 3.8) is 0 Å². The van der Waals surface area contributed by atoms with E-state index in [1.165, 1.54) is 17.8 Å². The summed E-state index contributed by atoms with van der Waals surface area (Å²) in [6.45, 7) is 6.03. The van der Waals surface area contributed by atoms with Crippen molar-refractivity contribution in [2.45, 2.75) is 32.5 Å². The molecule has 0 unspecified atom stereocenters. The van der Waals surface area contributed by atoms with Crippen LogP contribution in [0.4, 0.5) is 5.69 Å². The summed E-state index contributed by atoms with van der Waals surface area (Å²) >= 11 is 13.4. The number of halogens is 2. The van der Waals surface area contributed by atoms with Gasteiger partial charge >= 0.3 is 0 Å². The summed E-state index contributed by atoms with van der Waals surface area (Å²) < 4.78 is 1.84. The van der Waals surface area contributed by atoms with Crippen LogP contribution >= 0.6 is 35.0 Å². The first-order chi connectivity index (χ1) is 17.7. The van der Waals surface area contributed by atoms with Crippen LogP contribution < -0.4 is 10.6 Å². The van der Waals surface area contributed by atoms with Crippen LogP contribution in [0.15, 0.2) is 65.8 Å². The van der Waals surface area contributed by atoms with E-state index in [4.69, 9.17) is 23.2 Å². The maximum atomic E-state index is 12.7. The molecular weight excluding hydrogens is 529 g/mol. The fraction of sp³-hybridized carbons (Fsp3) is 0.185. The molecule has 0 radical (unpaired) electrons. The van der Waals surface area contributed by atoms with Gasteiger partial charge in [-0.05, 0) is 73.9 Å². The van der Waals surface area contributed by atoms with Gasteiger partial charge in [0, 0.05) is 16.4 Å². The number of aryl methyl sites for hydroxylation is 3. The average molecular weight is 555 g/mol. The second-order valence-corrected chi connectivity index (χ2v) is 10.3. The highest BCUT2D eigenvalue weighted by atomic mass is 35.5. The molecule has 0 aliphatic carbocycles. The molecule has 0 bridgehead atoms. The number of anilines is 1. The lowest BCUT2D eigenvalue weighted by molar-refractivity contribution is -0.113. The van der Waals surface area contributed by atoms with Crippen LogP contribution in [-0.2, 0) is 11.3 Å². The van der Waals surface area contributed by atoms with E-state index >= 15 is 0 Å². The number of rotatable bonds is 8. The molecule has 0 saturated carbocycles. The molecule has 0 atom stereocenters. The molecule has 0 aliphatic rings. The van der Waals surface area contributed by atoms with Crippen molar-refractivity contribution in [2.24, 2.45) is 0 Å². The Bertz CT molecular complexity index is 1470. The summed E-state index contributed by atoms with van der Waals surface area (Å²) in [5, 5.41) is 15.7. The van der Waals surface area contributed by atoms with Crippen molar-refractivity contribution >= 4 is 52.5 Å². The van der Waals surface area contributed by atoms with Crippen LogP contribution in [0.25, 0.3) is 5.69 Å². The van der Waals surface area contributed by atoms with E-state index in [2.05, 4.69) is 20.8 Å². The third kappa shape index (κ3) is 6.71. The molecule has 1 heterocycles. The van der Waals surface area contributed by atoms with Gasteiger partial charge in [-0.3, -0.25) is 14.2 Å². The molecule has 7 nitrogen and oxygen atoms in total. The minimum Gasteiger partial charge on any atom is -0.345 e. The van der Waals surface area contributed by atoms with Gasteiger partial charge in [-0.25, -0.2) is 0 Å². The van der Waals surface area contributed by atoms with Crippen molar-refractivity contribution in [3.05, 3.63) is 98.8 Å². The third-order valence-corrected chi connectivity index (χ3v) is 7.02. The highest BCUT2D eigenvalue weighted by molar-refractivity contribution is 7.99. The van der Waals surface area contributed by atoms with Crippen LogP contribution in [-0.4, -0.2) is 32.3 Å². The lowest BCUT2D eigenvalue weighted by Crippen LogP contribution is -2.25. The summed E-state index contributed by atoms with van der Waals surface area (Å²) in [4.78, 5) is 25.5. The highest BCUT2D eigenvalue weighted by Gasteiger charge is 2.18. The first kappa shape index (κ1) is 26.7. The second kappa shape index (κ2) is 11.8. The highest BCUT2D eigenvalue weighted by Crippen LogP contribution is 2.25. The molecule has 4 aromatic rings. The first-order valence-corrected chi connectivity index (χ1v) is 13.2. The number of nitrogens with zero attached hydrogens (tertiary/aromatic N) is 3. The number of aromatic nitrogens is 3. The fourth-order valence-corrected chi connectivity index (χ4v) is 4.91. The maximum Gasteiger partial charge on any atom is 0.253 e. The summed E-state index contributed by atoms with van der Waals surface area (Å²) in [7, 11) is 0. The average Bonchev–Trinajstić information content (AvgIpc) is 3.26. The van der Waals surface area contributed by atoms with E-state index in [0.717, 1.165) is 28.1 Å². The minimum absolute atomic E-state index is 0.105. The summed E-state index contributed by atoms with van der Waals surface area (Å²) in [5.74, 6) is 0.151. The predicted molar refractivity (Wildman–Crippen MR) is 149 cm³/mol. The number of hydrogen-bond acceptors (Lipinski definition) is 5. The smallest absolute Gasteiger partial charge is 0.253 e. The molecule has 2 N–H and O–H groups in total. The molecule has 0 fully saturated rings. The maximum absolute atomic E-state index is 12.7. The van der Waals surface area contributed by atoms with Gasteiger partial charge in [-0.15, -0.1) is 10.2 Å². The summed E-state index contributed by atoms with van der Waals surface area (Å²) in [6, 6.07) is 18.5. The Kier molecular flexibility index (Phi) is 8.53. The quantitative estimate of drug-likeness (QED) is 0.255. The Hall–Kier alpha value is -3.33. The standard InChI is InChI=1S/C27H25Cl2N5O2S/c1-16-5-4-6-20(11-16)34-24(14-30-26(36)21-10-9-19(28)13-22(21)29)32-33-27(34)37-15-25(35)31-23-12-17(2)7-8-18(23)3/h4-13H,14-15H2,1-3H3,(H,30,36)(H,31,35). The number of carbonyl (C=O) groups is 2. The van der Waals surface area contributed by atoms with E-state index < -0.39 is 0 Å². The van der Waals surface area contributed by atoms with Crippen LogP contribution in [0, 0.1) is 20.8 Å². The molecule has 3 aromatic carbocycles. The monoisotopic (exact) mass is 553 g/mol. The first-order valence-electron chi connectivity index (χ1n) is 11.5. The minimum atomic E-state index is -0.359. The molecule has 0 spiro atoms. The van der Waals surface area contributed by atoms with Gasteiger partial charge in [0.2, 0.25) is 5.91 Å². The number of carbonyl (C=O) groups excluding carboxylic acids is 2. The summed E-state index contributed by atoms with van der Waals surface area (Å²) in [5.41, 5.74) is 5.04. The van der Waals surface area contributed by atoms with Crippen molar-refractivity contribution < 1.29 is 9.59 Å². The number of thioether (sulfide) groups is 1. The van der Waals surface area contributed by atoms with E-state index in [9.17, 15) is 9.59 Å². The zero-order chi connectivity index (χ0) is 26.5. The fourth-order valence-electron chi connectivity index (χ4n) is 3.65. The number of amides is 2. The van der Waals surface area contributed by atoms with Gasteiger partial charge < -0.3 is 10.6 Å². The Morgan fingerprint density at radius 2 is 1.73 bits per heavy atom. The van der Waals surface area contributed by atoms with Crippen LogP contribution in [0.5, 0.6) is 0 Å². The Balaban J connectivity index is 1.52. The van der Waals surface area contributed by atoms with Crippen molar-refractivity contribution in [3.8, 4) is 5.69 Å². The molecule has 190 valence electrons. The molecule has 2 amide bonds. The third-order valence-electron chi connectivity index (χ3n) is 5.54. The SMILES string of the molecule is Cc1cccc(-n2c(CNC(=O)c3ccc(Cl)cc3Cl)nnc2SCC(=O)Nc2cc(C)ccc2C)c1. The topological polar surface area (TPSA) is 88.9 Å². The van der Waals surface area contributed by atoms with Gasteiger partial charge in [0.05, 0.1) is 22.9 Å². The van der Waals surface area contributed by atoms with E-state index in [1.807, 2.05) is 67.8 Å². The summed E-state index contributed by atoms with van der Waals surface area (Å²) in [6.07, 6.45) is 0. The van der Waals surface area contributed by atoms with Crippen molar-refractivity contribution in [1.82, 2.24) is 20.1 Å². The predicted octanol–water partition coefficient (Wildman–Crippen LogP) is 6.16. The van der Waals surface area contributed by atoms with Crippen molar-refractivity contribution in [2.75, 3.05) is 11.1 Å². The van der Waals surface area contributed by atoms with Crippen molar-refractivity contribution in [1.29, 1.82) is 0 Å². The van der Waals surface area contributed by atoms with Crippen LogP contribution in [0.2, 0.25) is 10.0 Å². The van der Waals surface area contributed by atoms with E-state index in [0.29, 0.717) is 21.6 Å².